The molecule has 4 nitrogen and oxygen atoms in total. The van der Waals surface area contributed by atoms with E-state index < -0.39 is 5.41 Å². The minimum absolute atomic E-state index is 0.543. The van der Waals surface area contributed by atoms with Crippen LogP contribution in [0.2, 0.25) is 0 Å². The normalized spacial score (nSPS) is 12.9. The summed E-state index contributed by atoms with van der Waals surface area (Å²) in [4.78, 5) is 20.6. The molecule has 0 saturated carbocycles. The number of aryl methyl sites for hydroxylation is 2. The number of rotatable bonds is 6. The summed E-state index contributed by atoms with van der Waals surface area (Å²) >= 11 is 3.39. The lowest BCUT2D eigenvalue weighted by Gasteiger charge is -2.34. The fourth-order valence-corrected chi connectivity index (χ4v) is 8.82. The van der Waals surface area contributed by atoms with Gasteiger partial charge in [0.2, 0.25) is 0 Å². The Morgan fingerprint density at radius 1 is 0.429 bits per heavy atom. The van der Waals surface area contributed by atoms with Crippen LogP contribution in [0.4, 0.5) is 0 Å². The van der Waals surface area contributed by atoms with Gasteiger partial charge in [0.05, 0.1) is 25.2 Å². The number of pyridine rings is 2. The highest BCUT2D eigenvalue weighted by molar-refractivity contribution is 7.15. The molecule has 4 aromatic heterocycles. The van der Waals surface area contributed by atoms with Crippen LogP contribution >= 0.6 is 22.7 Å². The summed E-state index contributed by atoms with van der Waals surface area (Å²) in [5.41, 5.74) is 13.5. The van der Waals surface area contributed by atoms with Gasteiger partial charge in [-0.2, -0.15) is 0 Å². The molecule has 0 atom stereocenters. The highest BCUT2D eigenvalue weighted by Gasteiger charge is 2.46. The molecule has 1 aliphatic rings. The van der Waals surface area contributed by atoms with Gasteiger partial charge in [0, 0.05) is 59.4 Å². The Morgan fingerprint density at radius 3 is 1.27 bits per heavy atom. The van der Waals surface area contributed by atoms with Gasteiger partial charge in [-0.1, -0.05) is 84.9 Å². The lowest BCUT2D eigenvalue weighted by Crippen LogP contribution is -2.28. The summed E-state index contributed by atoms with van der Waals surface area (Å²) in [5.74, 6) is 0. The van der Waals surface area contributed by atoms with Crippen molar-refractivity contribution in [1.82, 2.24) is 19.9 Å². The predicted octanol–water partition coefficient (Wildman–Crippen LogP) is 11.0. The maximum Gasteiger partial charge on any atom is 0.0900 e. The highest BCUT2D eigenvalue weighted by atomic mass is 32.1. The first-order valence-electron chi connectivity index (χ1n) is 16.2. The zero-order chi connectivity index (χ0) is 33.0. The Hall–Kier alpha value is -5.56. The van der Waals surface area contributed by atoms with E-state index in [-0.39, 0.29) is 0 Å². The molecule has 0 aliphatic heterocycles. The molecule has 9 rings (SSSR count). The van der Waals surface area contributed by atoms with E-state index in [1.165, 1.54) is 33.4 Å². The molecule has 4 heterocycles. The molecule has 0 unspecified atom stereocenters. The Balaban J connectivity index is 1.27. The Labute approximate surface area is 293 Å². The third-order valence-corrected chi connectivity index (χ3v) is 11.4. The van der Waals surface area contributed by atoms with Crippen LogP contribution in [0, 0.1) is 13.8 Å². The standard InChI is InChI=1S/C43H30N4S2/c1-27-46-25-41(48-27)33-17-31(21-44-23-33)29-13-15-37-38-16-14-30(32-18-34(24-45-22-32)42-26-47-28(2)49-42)20-40(38)43(39(37)19-29,35-9-5-3-6-10-35)36-11-7-4-8-12-36/h3-26H,1-2H3. The number of benzene rings is 4. The van der Waals surface area contributed by atoms with Crippen molar-refractivity contribution in [2.45, 2.75) is 19.3 Å². The minimum atomic E-state index is -0.543. The first-order valence-corrected chi connectivity index (χ1v) is 17.9. The van der Waals surface area contributed by atoms with Gasteiger partial charge >= 0.3 is 0 Å². The van der Waals surface area contributed by atoms with E-state index in [0.29, 0.717) is 0 Å². The summed E-state index contributed by atoms with van der Waals surface area (Å²) < 4.78 is 0. The molecular formula is C43H30N4S2. The molecule has 0 bridgehead atoms. The summed E-state index contributed by atoms with van der Waals surface area (Å²) in [7, 11) is 0. The number of hydrogen-bond acceptors (Lipinski definition) is 6. The van der Waals surface area contributed by atoms with Crippen LogP contribution in [-0.2, 0) is 5.41 Å². The van der Waals surface area contributed by atoms with E-state index in [4.69, 9.17) is 0 Å². The van der Waals surface area contributed by atoms with Gasteiger partial charge in [-0.15, -0.1) is 22.7 Å². The SMILES string of the molecule is Cc1ncc(-c2cncc(-c3ccc4c(c3)C(c3ccccc3)(c3ccccc3)c3cc(-c5cncc(-c6cnc(C)s6)c5)ccc3-4)c2)s1. The van der Waals surface area contributed by atoms with E-state index in [1.807, 2.05) is 51.0 Å². The second-order valence-electron chi connectivity index (χ2n) is 12.4. The first-order chi connectivity index (χ1) is 24.1. The monoisotopic (exact) mass is 666 g/mol. The summed E-state index contributed by atoms with van der Waals surface area (Å²) in [6, 6.07) is 40.2. The first kappa shape index (κ1) is 29.6. The molecule has 0 N–H and O–H groups in total. The lowest BCUT2D eigenvalue weighted by atomic mass is 9.67. The van der Waals surface area contributed by atoms with Crippen LogP contribution in [0.15, 0.2) is 146 Å². The molecule has 0 fully saturated rings. The van der Waals surface area contributed by atoms with Gasteiger partial charge in [-0.25, -0.2) is 9.97 Å². The summed E-state index contributed by atoms with van der Waals surface area (Å²) in [6.07, 6.45) is 11.7. The average Bonchev–Trinajstić information content (AvgIpc) is 3.88. The molecule has 8 aromatic rings. The van der Waals surface area contributed by atoms with Crippen LogP contribution < -0.4 is 0 Å². The van der Waals surface area contributed by atoms with Gasteiger partial charge in [0.25, 0.3) is 0 Å². The van der Waals surface area contributed by atoms with Gasteiger partial charge < -0.3 is 0 Å². The van der Waals surface area contributed by atoms with Crippen molar-refractivity contribution in [1.29, 1.82) is 0 Å². The molecular weight excluding hydrogens is 637 g/mol. The molecule has 0 saturated heterocycles. The van der Waals surface area contributed by atoms with Crippen molar-refractivity contribution in [3.63, 3.8) is 0 Å². The number of aromatic nitrogens is 4. The molecule has 49 heavy (non-hydrogen) atoms. The fraction of sp³-hybridized carbons (Fsp3) is 0.0698. The third-order valence-electron chi connectivity index (χ3n) is 9.51. The number of hydrogen-bond donors (Lipinski definition) is 0. The second kappa shape index (κ2) is 11.8. The van der Waals surface area contributed by atoms with E-state index in [9.17, 15) is 0 Å². The Bertz CT molecular complexity index is 2310. The van der Waals surface area contributed by atoms with Crippen LogP contribution in [0.5, 0.6) is 0 Å². The molecule has 6 heteroatoms. The van der Waals surface area contributed by atoms with Gasteiger partial charge in [0.1, 0.15) is 0 Å². The van der Waals surface area contributed by atoms with Crippen molar-refractivity contribution in [3.05, 3.63) is 179 Å². The lowest BCUT2D eigenvalue weighted by molar-refractivity contribution is 0.769. The molecule has 4 aromatic carbocycles. The van der Waals surface area contributed by atoms with Crippen LogP contribution in [0.3, 0.4) is 0 Å². The predicted molar refractivity (Wildman–Crippen MR) is 202 cm³/mol. The zero-order valence-corrected chi connectivity index (χ0v) is 28.6. The van der Waals surface area contributed by atoms with Crippen molar-refractivity contribution in [3.8, 4) is 54.3 Å². The molecule has 0 amide bonds. The topological polar surface area (TPSA) is 51.6 Å². The van der Waals surface area contributed by atoms with Crippen LogP contribution in [0.25, 0.3) is 54.3 Å². The van der Waals surface area contributed by atoms with Crippen LogP contribution in [0.1, 0.15) is 32.3 Å². The highest BCUT2D eigenvalue weighted by Crippen LogP contribution is 2.57. The van der Waals surface area contributed by atoms with Gasteiger partial charge in [-0.3, -0.25) is 9.97 Å². The van der Waals surface area contributed by atoms with Crippen molar-refractivity contribution < 1.29 is 0 Å². The number of fused-ring (bicyclic) bond motifs is 3. The molecule has 0 spiro atoms. The molecule has 0 radical (unpaired) electrons. The minimum Gasteiger partial charge on any atom is -0.263 e. The largest absolute Gasteiger partial charge is 0.263 e. The third kappa shape index (κ3) is 4.95. The van der Waals surface area contributed by atoms with Gasteiger partial charge in [-0.05, 0) is 82.6 Å². The second-order valence-corrected chi connectivity index (χ2v) is 14.9. The fourth-order valence-electron chi connectivity index (χ4n) is 7.30. The Kier molecular flexibility index (Phi) is 7.15. The zero-order valence-electron chi connectivity index (χ0n) is 27.0. The maximum absolute atomic E-state index is 4.68. The summed E-state index contributed by atoms with van der Waals surface area (Å²) in [6.45, 7) is 4.08. The van der Waals surface area contributed by atoms with Crippen molar-refractivity contribution in [2.24, 2.45) is 0 Å². The molecule has 1 aliphatic carbocycles. The van der Waals surface area contributed by atoms with Gasteiger partial charge in [0.15, 0.2) is 0 Å². The van der Waals surface area contributed by atoms with Crippen molar-refractivity contribution in [2.75, 3.05) is 0 Å². The van der Waals surface area contributed by atoms with E-state index in [1.54, 1.807) is 22.7 Å². The maximum atomic E-state index is 4.68. The Morgan fingerprint density at radius 2 is 0.857 bits per heavy atom. The van der Waals surface area contributed by atoms with Crippen molar-refractivity contribution >= 4 is 22.7 Å². The van der Waals surface area contributed by atoms with E-state index in [2.05, 4.69) is 129 Å². The van der Waals surface area contributed by atoms with E-state index >= 15 is 0 Å². The van der Waals surface area contributed by atoms with Crippen LogP contribution in [-0.4, -0.2) is 19.9 Å². The number of nitrogens with zero attached hydrogens (tertiary/aromatic N) is 4. The average molecular weight is 667 g/mol. The molecule has 234 valence electrons. The quantitative estimate of drug-likeness (QED) is 0.177. The smallest absolute Gasteiger partial charge is 0.0900 e. The summed E-state index contributed by atoms with van der Waals surface area (Å²) in [5, 5.41) is 2.10. The number of thiazole rings is 2. The van der Waals surface area contributed by atoms with E-state index in [0.717, 1.165) is 53.2 Å².